The minimum absolute atomic E-state index is 0.0136. The first-order chi connectivity index (χ1) is 9.36. The van der Waals surface area contributed by atoms with E-state index in [1.807, 2.05) is 13.8 Å². The van der Waals surface area contributed by atoms with Crippen molar-refractivity contribution >= 4 is 17.7 Å². The van der Waals surface area contributed by atoms with Gasteiger partial charge in [0.1, 0.15) is 0 Å². The highest BCUT2D eigenvalue weighted by Crippen LogP contribution is 1.92. The Bertz CT molecular complexity index is 333. The highest BCUT2D eigenvalue weighted by molar-refractivity contribution is 5.89. The Balaban J connectivity index is 3.82. The van der Waals surface area contributed by atoms with Gasteiger partial charge in [0.05, 0.1) is 19.1 Å². The van der Waals surface area contributed by atoms with Crippen LogP contribution in [0.3, 0.4) is 0 Å². The topological polar surface area (TPSA) is 139 Å². The molecule has 1 atom stereocenters. The number of carbonyl (C=O) groups is 3. The van der Waals surface area contributed by atoms with Crippen LogP contribution in [0.25, 0.3) is 0 Å². The van der Waals surface area contributed by atoms with Gasteiger partial charge in [0, 0.05) is 6.04 Å². The van der Waals surface area contributed by atoms with Crippen molar-refractivity contribution < 1.29 is 14.4 Å². The summed E-state index contributed by atoms with van der Waals surface area (Å²) in [6, 6.07) is -0.657. The summed E-state index contributed by atoms with van der Waals surface area (Å²) in [7, 11) is 0. The SMILES string of the molecule is CC(C)NC(=O)CNC(=O)CNC(=O)[C@@H](N)CCCN. The molecule has 0 bridgehead atoms. The zero-order chi connectivity index (χ0) is 15.5. The van der Waals surface area contributed by atoms with Crippen LogP contribution in [0.5, 0.6) is 0 Å². The van der Waals surface area contributed by atoms with Crippen LogP contribution < -0.4 is 27.4 Å². The number of hydrogen-bond acceptors (Lipinski definition) is 5. The van der Waals surface area contributed by atoms with Crippen molar-refractivity contribution in [1.29, 1.82) is 0 Å². The molecule has 0 aromatic carbocycles. The van der Waals surface area contributed by atoms with Crippen molar-refractivity contribution in [3.63, 3.8) is 0 Å². The van der Waals surface area contributed by atoms with Crippen molar-refractivity contribution in [2.75, 3.05) is 19.6 Å². The molecular formula is C12H25N5O3. The van der Waals surface area contributed by atoms with E-state index in [1.165, 1.54) is 0 Å². The predicted octanol–water partition coefficient (Wildman–Crippen LogP) is -2.19. The normalized spacial score (nSPS) is 11.8. The van der Waals surface area contributed by atoms with Crippen LogP contribution in [0, 0.1) is 0 Å². The summed E-state index contributed by atoms with van der Waals surface area (Å²) >= 11 is 0. The minimum atomic E-state index is -0.671. The molecule has 0 radical (unpaired) electrons. The number of carbonyl (C=O) groups excluding carboxylic acids is 3. The van der Waals surface area contributed by atoms with E-state index in [-0.39, 0.29) is 25.0 Å². The highest BCUT2D eigenvalue weighted by Gasteiger charge is 2.14. The summed E-state index contributed by atoms with van der Waals surface area (Å²) in [5, 5.41) is 7.44. The molecule has 0 aromatic heterocycles. The molecule has 0 spiro atoms. The molecule has 7 N–H and O–H groups in total. The monoisotopic (exact) mass is 287 g/mol. The summed E-state index contributed by atoms with van der Waals surface area (Å²) < 4.78 is 0. The minimum Gasteiger partial charge on any atom is -0.352 e. The molecule has 0 heterocycles. The summed E-state index contributed by atoms with van der Waals surface area (Å²) in [5.41, 5.74) is 10.9. The van der Waals surface area contributed by atoms with E-state index in [4.69, 9.17) is 11.5 Å². The fourth-order valence-corrected chi connectivity index (χ4v) is 1.38. The van der Waals surface area contributed by atoms with Crippen LogP contribution in [-0.4, -0.2) is 49.4 Å². The number of nitrogens with one attached hydrogen (secondary N) is 3. The molecule has 8 nitrogen and oxygen atoms in total. The van der Waals surface area contributed by atoms with E-state index in [2.05, 4.69) is 16.0 Å². The Kier molecular flexibility index (Phi) is 9.31. The molecule has 0 aliphatic rings. The zero-order valence-electron chi connectivity index (χ0n) is 12.1. The lowest BCUT2D eigenvalue weighted by Gasteiger charge is -2.12. The fraction of sp³-hybridized carbons (Fsp3) is 0.750. The van der Waals surface area contributed by atoms with E-state index in [0.717, 1.165) is 0 Å². The Hall–Kier alpha value is -1.67. The lowest BCUT2D eigenvalue weighted by Crippen LogP contribution is -2.47. The first kappa shape index (κ1) is 18.3. The van der Waals surface area contributed by atoms with Crippen molar-refractivity contribution in [3.05, 3.63) is 0 Å². The van der Waals surface area contributed by atoms with Crippen LogP contribution >= 0.6 is 0 Å². The van der Waals surface area contributed by atoms with E-state index in [9.17, 15) is 14.4 Å². The number of amides is 3. The molecule has 0 fully saturated rings. The maximum atomic E-state index is 11.5. The quantitative estimate of drug-likeness (QED) is 0.328. The Morgan fingerprint density at radius 1 is 1.05 bits per heavy atom. The van der Waals surface area contributed by atoms with Gasteiger partial charge < -0.3 is 27.4 Å². The second kappa shape index (κ2) is 10.2. The molecule has 116 valence electrons. The lowest BCUT2D eigenvalue weighted by atomic mass is 10.1. The first-order valence-electron chi connectivity index (χ1n) is 6.66. The van der Waals surface area contributed by atoms with Gasteiger partial charge in [-0.15, -0.1) is 0 Å². The standard InChI is InChI=1S/C12H25N5O3/c1-8(2)17-11(19)7-15-10(18)6-16-12(20)9(14)4-3-5-13/h8-9H,3-7,13-14H2,1-2H3,(H,15,18)(H,16,20)(H,17,19)/t9-/m0/s1. The maximum Gasteiger partial charge on any atom is 0.239 e. The van der Waals surface area contributed by atoms with Gasteiger partial charge in [-0.25, -0.2) is 0 Å². The number of hydrogen-bond donors (Lipinski definition) is 5. The molecule has 0 aliphatic carbocycles. The van der Waals surface area contributed by atoms with Crippen molar-refractivity contribution in [2.24, 2.45) is 11.5 Å². The van der Waals surface area contributed by atoms with Crippen LogP contribution in [-0.2, 0) is 14.4 Å². The van der Waals surface area contributed by atoms with Gasteiger partial charge in [-0.3, -0.25) is 14.4 Å². The molecule has 3 amide bonds. The molecule has 0 aromatic rings. The fourth-order valence-electron chi connectivity index (χ4n) is 1.38. The molecular weight excluding hydrogens is 262 g/mol. The third-order valence-electron chi connectivity index (χ3n) is 2.37. The van der Waals surface area contributed by atoms with E-state index in [1.54, 1.807) is 0 Å². The lowest BCUT2D eigenvalue weighted by molar-refractivity contribution is -0.128. The highest BCUT2D eigenvalue weighted by atomic mass is 16.2. The number of nitrogens with two attached hydrogens (primary N) is 2. The molecule has 0 aliphatic heterocycles. The summed E-state index contributed by atoms with van der Waals surface area (Å²) in [4.78, 5) is 34.2. The number of rotatable bonds is 9. The average Bonchev–Trinajstić information content (AvgIpc) is 2.38. The second-order valence-electron chi connectivity index (χ2n) is 4.75. The largest absolute Gasteiger partial charge is 0.352 e. The van der Waals surface area contributed by atoms with Gasteiger partial charge >= 0.3 is 0 Å². The van der Waals surface area contributed by atoms with E-state index >= 15 is 0 Å². The predicted molar refractivity (Wildman–Crippen MR) is 75.6 cm³/mol. The van der Waals surface area contributed by atoms with Crippen LogP contribution in [0.4, 0.5) is 0 Å². The van der Waals surface area contributed by atoms with Gasteiger partial charge in [-0.05, 0) is 33.2 Å². The van der Waals surface area contributed by atoms with Crippen molar-refractivity contribution in [3.8, 4) is 0 Å². The molecule has 0 saturated carbocycles. The molecule has 0 saturated heterocycles. The van der Waals surface area contributed by atoms with Crippen LogP contribution in [0.1, 0.15) is 26.7 Å². The zero-order valence-corrected chi connectivity index (χ0v) is 12.1. The van der Waals surface area contributed by atoms with Gasteiger partial charge in [0.25, 0.3) is 0 Å². The molecule has 0 unspecified atom stereocenters. The van der Waals surface area contributed by atoms with Crippen molar-refractivity contribution in [1.82, 2.24) is 16.0 Å². The van der Waals surface area contributed by atoms with E-state index < -0.39 is 17.9 Å². The summed E-state index contributed by atoms with van der Waals surface area (Å²) in [5.74, 6) is -1.12. The van der Waals surface area contributed by atoms with Gasteiger partial charge in [0.2, 0.25) is 17.7 Å². The Morgan fingerprint density at radius 3 is 2.20 bits per heavy atom. The third-order valence-corrected chi connectivity index (χ3v) is 2.37. The smallest absolute Gasteiger partial charge is 0.239 e. The van der Waals surface area contributed by atoms with Gasteiger partial charge in [-0.1, -0.05) is 0 Å². The maximum absolute atomic E-state index is 11.5. The van der Waals surface area contributed by atoms with Crippen LogP contribution in [0.2, 0.25) is 0 Å². The van der Waals surface area contributed by atoms with Gasteiger partial charge in [0.15, 0.2) is 0 Å². The molecule has 0 rings (SSSR count). The Labute approximate surface area is 119 Å². The van der Waals surface area contributed by atoms with Crippen molar-refractivity contribution in [2.45, 2.75) is 38.8 Å². The van der Waals surface area contributed by atoms with E-state index in [0.29, 0.717) is 19.4 Å². The summed E-state index contributed by atoms with van der Waals surface area (Å²) in [6.45, 7) is 3.79. The second-order valence-corrected chi connectivity index (χ2v) is 4.75. The first-order valence-corrected chi connectivity index (χ1v) is 6.66. The third kappa shape index (κ3) is 9.29. The average molecular weight is 287 g/mol. The Morgan fingerprint density at radius 2 is 1.65 bits per heavy atom. The van der Waals surface area contributed by atoms with Gasteiger partial charge in [-0.2, -0.15) is 0 Å². The molecule has 20 heavy (non-hydrogen) atoms. The summed E-state index contributed by atoms with van der Waals surface area (Å²) in [6.07, 6.45) is 1.12. The molecule has 8 heteroatoms. The van der Waals surface area contributed by atoms with Crippen LogP contribution in [0.15, 0.2) is 0 Å².